The summed E-state index contributed by atoms with van der Waals surface area (Å²) in [7, 11) is 3.34. The van der Waals surface area contributed by atoms with E-state index in [1.54, 1.807) is 38.6 Å². The molecule has 0 saturated heterocycles. The van der Waals surface area contributed by atoms with Gasteiger partial charge in [-0.2, -0.15) is 0 Å². The van der Waals surface area contributed by atoms with E-state index in [0.717, 1.165) is 30.2 Å². The fourth-order valence-corrected chi connectivity index (χ4v) is 4.67. The molecule has 0 amide bonds. The van der Waals surface area contributed by atoms with E-state index in [4.69, 9.17) is 14.2 Å². The molecule has 0 radical (unpaired) electrons. The molecule has 1 heterocycles. The summed E-state index contributed by atoms with van der Waals surface area (Å²) in [4.78, 5) is 8.98. The summed E-state index contributed by atoms with van der Waals surface area (Å²) in [6.07, 6.45) is 3.23. The number of ether oxygens (including phenoxy) is 3. The first-order valence-electron chi connectivity index (χ1n) is 11.2. The Kier molecular flexibility index (Phi) is 10.2. The molecule has 1 aromatic heterocycles. The smallest absolute Gasteiger partial charge is 0.158 e. The van der Waals surface area contributed by atoms with Crippen LogP contribution in [0.3, 0.4) is 0 Å². The van der Waals surface area contributed by atoms with Crippen LogP contribution in [0.15, 0.2) is 60.9 Å². The average Bonchev–Trinajstić information content (AvgIpc) is 2.86. The Morgan fingerprint density at radius 2 is 1.38 bits per heavy atom. The third-order valence-electron chi connectivity index (χ3n) is 5.22. The van der Waals surface area contributed by atoms with Crippen molar-refractivity contribution in [2.24, 2.45) is 0 Å². The lowest BCUT2D eigenvalue weighted by molar-refractivity contribution is 0.0235. The Labute approximate surface area is 206 Å². The highest BCUT2D eigenvalue weighted by atomic mass is 32.2. The maximum absolute atomic E-state index is 9.34. The third kappa shape index (κ3) is 7.70. The summed E-state index contributed by atoms with van der Waals surface area (Å²) in [5, 5.41) is 9.35. The van der Waals surface area contributed by atoms with Gasteiger partial charge in [0.1, 0.15) is 17.6 Å². The fourth-order valence-electron chi connectivity index (χ4n) is 3.44. The van der Waals surface area contributed by atoms with Crippen LogP contribution in [0.1, 0.15) is 35.5 Å². The second-order valence-corrected chi connectivity index (χ2v) is 9.41. The van der Waals surface area contributed by atoms with Gasteiger partial charge in [0.25, 0.3) is 0 Å². The van der Waals surface area contributed by atoms with Gasteiger partial charge in [-0.05, 0) is 54.8 Å². The molecule has 3 rings (SSSR count). The van der Waals surface area contributed by atoms with Crippen LogP contribution >= 0.6 is 11.9 Å². The molecule has 0 saturated carbocycles. The van der Waals surface area contributed by atoms with Crippen LogP contribution in [0.2, 0.25) is 0 Å². The number of aryl methyl sites for hydroxylation is 1. The number of methoxy groups -OCH3 is 2. The highest BCUT2D eigenvalue weighted by molar-refractivity contribution is 7.97. The molecule has 0 spiro atoms. The van der Waals surface area contributed by atoms with E-state index in [1.165, 1.54) is 11.1 Å². The standard InChI is InChI=1S/C26H33N3O4S/c1-19-15-27-26(28-16-19)25(33-14-13-30)20(2)34-29(17-21-5-9-23(31-3)10-6-21)18-22-7-11-24(32-4)12-8-22/h5-12,15-16,20,25,30H,13-14,17-18H2,1-4H3/t20-,25-/m0/s1. The summed E-state index contributed by atoms with van der Waals surface area (Å²) in [6.45, 7) is 5.69. The number of nitrogens with zero attached hydrogens (tertiary/aromatic N) is 3. The number of aromatic nitrogens is 2. The number of hydrogen-bond acceptors (Lipinski definition) is 8. The van der Waals surface area contributed by atoms with E-state index < -0.39 is 0 Å². The molecule has 0 aliphatic rings. The molecule has 0 aliphatic heterocycles. The van der Waals surface area contributed by atoms with Crippen molar-refractivity contribution in [1.29, 1.82) is 0 Å². The van der Waals surface area contributed by atoms with Crippen LogP contribution < -0.4 is 9.47 Å². The van der Waals surface area contributed by atoms with E-state index in [1.807, 2.05) is 31.2 Å². The first kappa shape index (κ1) is 26.0. The molecule has 182 valence electrons. The Balaban J connectivity index is 1.80. The maximum atomic E-state index is 9.34. The highest BCUT2D eigenvalue weighted by Gasteiger charge is 2.26. The van der Waals surface area contributed by atoms with Gasteiger partial charge >= 0.3 is 0 Å². The number of aliphatic hydroxyl groups is 1. The molecular weight excluding hydrogens is 450 g/mol. The molecule has 0 unspecified atom stereocenters. The lowest BCUT2D eigenvalue weighted by Crippen LogP contribution is -2.25. The summed E-state index contributed by atoms with van der Waals surface area (Å²) in [5.74, 6) is 2.29. The molecule has 8 heteroatoms. The zero-order valence-electron chi connectivity index (χ0n) is 20.2. The van der Waals surface area contributed by atoms with Gasteiger partial charge in [-0.1, -0.05) is 36.2 Å². The van der Waals surface area contributed by atoms with Crippen molar-refractivity contribution in [3.8, 4) is 11.5 Å². The fraction of sp³-hybridized carbons (Fsp3) is 0.385. The van der Waals surface area contributed by atoms with Crippen molar-refractivity contribution in [2.75, 3.05) is 27.4 Å². The van der Waals surface area contributed by atoms with Gasteiger partial charge in [0, 0.05) is 25.5 Å². The Bertz CT molecular complexity index is 935. The van der Waals surface area contributed by atoms with E-state index in [-0.39, 0.29) is 24.6 Å². The van der Waals surface area contributed by atoms with Crippen molar-refractivity contribution in [2.45, 2.75) is 38.3 Å². The number of aliphatic hydroxyl groups excluding tert-OH is 1. The zero-order chi connectivity index (χ0) is 24.3. The van der Waals surface area contributed by atoms with Gasteiger partial charge in [0.15, 0.2) is 5.82 Å². The minimum Gasteiger partial charge on any atom is -0.497 e. The highest BCUT2D eigenvalue weighted by Crippen LogP contribution is 2.32. The lowest BCUT2D eigenvalue weighted by atomic mass is 10.2. The largest absolute Gasteiger partial charge is 0.497 e. The van der Waals surface area contributed by atoms with Crippen LogP contribution in [0.4, 0.5) is 0 Å². The van der Waals surface area contributed by atoms with Crippen LogP contribution in [0.25, 0.3) is 0 Å². The molecule has 2 aromatic carbocycles. The van der Waals surface area contributed by atoms with Crippen molar-refractivity contribution in [1.82, 2.24) is 14.3 Å². The molecular formula is C26H33N3O4S. The van der Waals surface area contributed by atoms with Gasteiger partial charge in [-0.3, -0.25) is 0 Å². The van der Waals surface area contributed by atoms with Crippen LogP contribution in [0, 0.1) is 6.92 Å². The molecule has 34 heavy (non-hydrogen) atoms. The lowest BCUT2D eigenvalue weighted by Gasteiger charge is -2.29. The van der Waals surface area contributed by atoms with Crippen LogP contribution in [0.5, 0.6) is 11.5 Å². The third-order valence-corrected chi connectivity index (χ3v) is 6.36. The monoisotopic (exact) mass is 483 g/mol. The van der Waals surface area contributed by atoms with E-state index in [2.05, 4.69) is 45.5 Å². The van der Waals surface area contributed by atoms with Gasteiger partial charge < -0.3 is 19.3 Å². The molecule has 0 aliphatic carbocycles. The summed E-state index contributed by atoms with van der Waals surface area (Å²) < 4.78 is 18.9. The molecule has 3 aromatic rings. The molecule has 7 nitrogen and oxygen atoms in total. The van der Waals surface area contributed by atoms with Gasteiger partial charge in [-0.15, -0.1) is 0 Å². The van der Waals surface area contributed by atoms with Crippen molar-refractivity contribution in [3.05, 3.63) is 83.4 Å². The topological polar surface area (TPSA) is 76.9 Å². The second-order valence-electron chi connectivity index (χ2n) is 7.94. The molecule has 0 bridgehead atoms. The van der Waals surface area contributed by atoms with E-state index >= 15 is 0 Å². The first-order valence-corrected chi connectivity index (χ1v) is 12.0. The number of hydrogen-bond donors (Lipinski definition) is 1. The zero-order valence-corrected chi connectivity index (χ0v) is 21.0. The second kappa shape index (κ2) is 13.3. The summed E-state index contributed by atoms with van der Waals surface area (Å²) >= 11 is 1.70. The molecule has 1 N–H and O–H groups in total. The van der Waals surface area contributed by atoms with Crippen molar-refractivity contribution < 1.29 is 19.3 Å². The predicted octanol–water partition coefficient (Wildman–Crippen LogP) is 4.59. The minimum atomic E-state index is -0.355. The quantitative estimate of drug-likeness (QED) is 0.354. The van der Waals surface area contributed by atoms with Crippen molar-refractivity contribution in [3.63, 3.8) is 0 Å². The summed E-state index contributed by atoms with van der Waals surface area (Å²) in [5.41, 5.74) is 3.34. The summed E-state index contributed by atoms with van der Waals surface area (Å²) in [6, 6.07) is 16.2. The number of rotatable bonds is 13. The van der Waals surface area contributed by atoms with Gasteiger partial charge in [0.05, 0.1) is 32.7 Å². The number of benzene rings is 2. The predicted molar refractivity (Wildman–Crippen MR) is 135 cm³/mol. The Hall–Kier alpha value is -2.65. The Morgan fingerprint density at radius 3 is 1.82 bits per heavy atom. The minimum absolute atomic E-state index is 0.00533. The van der Waals surface area contributed by atoms with Crippen LogP contribution in [-0.4, -0.2) is 52.1 Å². The SMILES string of the molecule is COc1ccc(CN(Cc2ccc(OC)cc2)S[C@@H](C)[C@H](OCCO)c2ncc(C)cn2)cc1. The van der Waals surface area contributed by atoms with Gasteiger partial charge in [-0.25, -0.2) is 14.3 Å². The normalized spacial score (nSPS) is 13.0. The van der Waals surface area contributed by atoms with E-state index in [0.29, 0.717) is 5.82 Å². The van der Waals surface area contributed by atoms with Crippen LogP contribution in [-0.2, 0) is 17.8 Å². The first-order chi connectivity index (χ1) is 16.5. The maximum Gasteiger partial charge on any atom is 0.158 e. The molecule has 2 atom stereocenters. The van der Waals surface area contributed by atoms with Crippen molar-refractivity contribution >= 4 is 11.9 Å². The van der Waals surface area contributed by atoms with E-state index in [9.17, 15) is 5.11 Å². The van der Waals surface area contributed by atoms with Gasteiger partial charge in [0.2, 0.25) is 0 Å². The average molecular weight is 484 g/mol. The Morgan fingerprint density at radius 1 is 0.882 bits per heavy atom. The molecule has 0 fully saturated rings.